The number of halogens is 1. The van der Waals surface area contributed by atoms with Crippen molar-refractivity contribution in [2.75, 3.05) is 32.1 Å². The van der Waals surface area contributed by atoms with Gasteiger partial charge in [-0.2, -0.15) is 0 Å². The number of hydrogen-bond acceptors (Lipinski definition) is 4. The molecule has 2 aliphatic heterocycles. The van der Waals surface area contributed by atoms with E-state index in [0.717, 1.165) is 30.8 Å². The number of rotatable bonds is 6. The highest BCUT2D eigenvalue weighted by Gasteiger charge is 2.32. The van der Waals surface area contributed by atoms with Gasteiger partial charge in [-0.05, 0) is 30.3 Å². The van der Waals surface area contributed by atoms with Crippen molar-refractivity contribution in [1.29, 1.82) is 0 Å². The lowest BCUT2D eigenvalue weighted by Gasteiger charge is -2.20. The number of carbonyl (C=O) groups is 1. The van der Waals surface area contributed by atoms with Gasteiger partial charge in [0.25, 0.3) is 5.91 Å². The zero-order chi connectivity index (χ0) is 19.7. The number of amides is 1. The van der Waals surface area contributed by atoms with Crippen molar-refractivity contribution < 1.29 is 18.7 Å². The van der Waals surface area contributed by atoms with Crippen LogP contribution in [0.25, 0.3) is 11.3 Å². The van der Waals surface area contributed by atoms with Gasteiger partial charge >= 0.3 is 0 Å². The summed E-state index contributed by atoms with van der Waals surface area (Å²) in [6.45, 7) is 5.87. The normalized spacial score (nSPS) is 17.5. The molecule has 1 N–H and O–H groups in total. The van der Waals surface area contributed by atoms with Gasteiger partial charge in [0.2, 0.25) is 0 Å². The minimum Gasteiger partial charge on any atom is -0.487 e. The maximum atomic E-state index is 13.7. The Balaban J connectivity index is 1.65. The Hall–Kier alpha value is -2.70. The van der Waals surface area contributed by atoms with Crippen molar-refractivity contribution in [3.63, 3.8) is 0 Å². The SMILES string of the molecule is CCN(CCOC)Cc1ccc2c(c1)CO/C2=C1/C(=O)Nc2ccc(F)cc21. The average molecular weight is 382 g/mol. The van der Waals surface area contributed by atoms with Gasteiger partial charge in [0.05, 0.1) is 12.2 Å². The number of fused-ring (bicyclic) bond motifs is 2. The molecule has 5 nitrogen and oxygen atoms in total. The van der Waals surface area contributed by atoms with Gasteiger partial charge < -0.3 is 14.8 Å². The van der Waals surface area contributed by atoms with Crippen LogP contribution in [0.5, 0.6) is 0 Å². The highest BCUT2D eigenvalue weighted by molar-refractivity contribution is 6.36. The number of methoxy groups -OCH3 is 1. The molecule has 2 heterocycles. The van der Waals surface area contributed by atoms with Crippen LogP contribution >= 0.6 is 0 Å². The van der Waals surface area contributed by atoms with Crippen molar-refractivity contribution >= 4 is 22.9 Å². The first-order chi connectivity index (χ1) is 13.6. The number of nitrogens with zero attached hydrogens (tertiary/aromatic N) is 1. The van der Waals surface area contributed by atoms with E-state index in [4.69, 9.17) is 9.47 Å². The molecular weight excluding hydrogens is 359 g/mol. The van der Waals surface area contributed by atoms with Crippen LogP contribution in [0.15, 0.2) is 36.4 Å². The fourth-order valence-corrected chi connectivity index (χ4v) is 3.71. The smallest absolute Gasteiger partial charge is 0.260 e. The van der Waals surface area contributed by atoms with Gasteiger partial charge in [-0.1, -0.05) is 25.1 Å². The van der Waals surface area contributed by atoms with E-state index >= 15 is 0 Å². The number of likely N-dealkylation sites (N-methyl/N-ethyl adjacent to an activating group) is 1. The largest absolute Gasteiger partial charge is 0.487 e. The number of hydrogen-bond donors (Lipinski definition) is 1. The summed E-state index contributed by atoms with van der Waals surface area (Å²) in [5.74, 6) is -0.114. The van der Waals surface area contributed by atoms with Gasteiger partial charge in [0.15, 0.2) is 0 Å². The van der Waals surface area contributed by atoms with Gasteiger partial charge in [0.1, 0.15) is 18.2 Å². The summed E-state index contributed by atoms with van der Waals surface area (Å²) in [5.41, 5.74) is 4.68. The Kier molecular flexibility index (Phi) is 5.15. The molecule has 2 aliphatic rings. The van der Waals surface area contributed by atoms with Gasteiger partial charge in [-0.15, -0.1) is 0 Å². The first-order valence-corrected chi connectivity index (χ1v) is 9.42. The maximum absolute atomic E-state index is 13.7. The molecule has 28 heavy (non-hydrogen) atoms. The Bertz CT molecular complexity index is 955. The molecule has 0 unspecified atom stereocenters. The number of carbonyl (C=O) groups excluding carboxylic acids is 1. The number of anilines is 1. The monoisotopic (exact) mass is 382 g/mol. The molecule has 2 aromatic carbocycles. The lowest BCUT2D eigenvalue weighted by molar-refractivity contribution is -0.110. The predicted octanol–water partition coefficient (Wildman–Crippen LogP) is 3.64. The van der Waals surface area contributed by atoms with Crippen molar-refractivity contribution in [3.8, 4) is 0 Å². The molecule has 0 spiro atoms. The zero-order valence-electron chi connectivity index (χ0n) is 16.0. The fraction of sp³-hybridized carbons (Fsp3) is 0.318. The topological polar surface area (TPSA) is 50.8 Å². The molecule has 0 fully saturated rings. The third-order valence-corrected chi connectivity index (χ3v) is 5.20. The quantitative estimate of drug-likeness (QED) is 0.775. The molecule has 0 radical (unpaired) electrons. The van der Waals surface area contributed by atoms with E-state index in [1.165, 1.54) is 17.7 Å². The second kappa shape index (κ2) is 7.73. The molecule has 0 saturated heterocycles. The maximum Gasteiger partial charge on any atom is 0.260 e. The second-order valence-electron chi connectivity index (χ2n) is 6.99. The molecule has 0 atom stereocenters. The second-order valence-corrected chi connectivity index (χ2v) is 6.99. The van der Waals surface area contributed by atoms with E-state index in [9.17, 15) is 9.18 Å². The Morgan fingerprint density at radius 3 is 2.86 bits per heavy atom. The molecule has 6 heteroatoms. The number of benzene rings is 2. The molecule has 1 amide bonds. The van der Waals surface area contributed by atoms with Crippen LogP contribution in [0, 0.1) is 5.82 Å². The summed E-state index contributed by atoms with van der Waals surface area (Å²) in [7, 11) is 1.71. The van der Waals surface area contributed by atoms with Crippen LogP contribution in [-0.4, -0.2) is 37.6 Å². The van der Waals surface area contributed by atoms with Crippen LogP contribution in [0.3, 0.4) is 0 Å². The Morgan fingerprint density at radius 2 is 2.07 bits per heavy atom. The van der Waals surface area contributed by atoms with Crippen molar-refractivity contribution in [3.05, 3.63) is 64.5 Å². The highest BCUT2D eigenvalue weighted by atomic mass is 19.1. The van der Waals surface area contributed by atoms with Gasteiger partial charge in [-0.3, -0.25) is 9.69 Å². The molecule has 0 aromatic heterocycles. The highest BCUT2D eigenvalue weighted by Crippen LogP contribution is 2.41. The zero-order valence-corrected chi connectivity index (χ0v) is 16.0. The first-order valence-electron chi connectivity index (χ1n) is 9.42. The minimum absolute atomic E-state index is 0.260. The molecule has 0 saturated carbocycles. The van der Waals surface area contributed by atoms with Crippen molar-refractivity contribution in [2.24, 2.45) is 0 Å². The summed E-state index contributed by atoms with van der Waals surface area (Å²) < 4.78 is 24.8. The van der Waals surface area contributed by atoms with E-state index < -0.39 is 0 Å². The van der Waals surface area contributed by atoms with E-state index in [0.29, 0.717) is 35.8 Å². The lowest BCUT2D eigenvalue weighted by atomic mass is 9.99. The molecule has 4 rings (SSSR count). The van der Waals surface area contributed by atoms with Crippen molar-refractivity contribution in [1.82, 2.24) is 4.90 Å². The van der Waals surface area contributed by atoms with Gasteiger partial charge in [0, 0.05) is 42.6 Å². The minimum atomic E-state index is -0.377. The van der Waals surface area contributed by atoms with Crippen LogP contribution < -0.4 is 5.32 Å². The van der Waals surface area contributed by atoms with Crippen LogP contribution in [0.1, 0.15) is 29.2 Å². The molecular formula is C22H23FN2O3. The number of nitrogens with one attached hydrogen (secondary N) is 1. The summed E-state index contributed by atoms with van der Waals surface area (Å²) in [5, 5.41) is 2.79. The Labute approximate surface area is 163 Å². The average Bonchev–Trinajstić information content (AvgIpc) is 3.24. The molecule has 146 valence electrons. The molecule has 0 bridgehead atoms. The van der Waals surface area contributed by atoms with E-state index in [2.05, 4.69) is 29.3 Å². The third-order valence-electron chi connectivity index (χ3n) is 5.20. The van der Waals surface area contributed by atoms with Crippen LogP contribution in [0.2, 0.25) is 0 Å². The summed E-state index contributed by atoms with van der Waals surface area (Å²) in [6, 6.07) is 10.5. The Morgan fingerprint density at radius 1 is 1.21 bits per heavy atom. The first kappa shape index (κ1) is 18.7. The third kappa shape index (κ3) is 3.41. The van der Waals surface area contributed by atoms with Gasteiger partial charge in [-0.25, -0.2) is 4.39 Å². The molecule has 2 aromatic rings. The van der Waals surface area contributed by atoms with Crippen LogP contribution in [0.4, 0.5) is 10.1 Å². The standard InChI is InChI=1S/C22H23FN2O3/c1-3-25(8-9-27-2)12-14-4-6-17-15(10-14)13-28-21(17)20-18-11-16(23)5-7-19(18)24-22(20)26/h4-7,10-11H,3,8-9,12-13H2,1-2H3,(H,24,26)/b21-20+. The van der Waals surface area contributed by atoms with E-state index in [1.54, 1.807) is 13.2 Å². The van der Waals surface area contributed by atoms with Crippen molar-refractivity contribution in [2.45, 2.75) is 20.1 Å². The molecule has 0 aliphatic carbocycles. The van der Waals surface area contributed by atoms with Crippen LogP contribution in [-0.2, 0) is 27.4 Å². The summed E-state index contributed by atoms with van der Waals surface area (Å²) in [4.78, 5) is 14.8. The number of ether oxygens (including phenoxy) is 2. The summed E-state index contributed by atoms with van der Waals surface area (Å²) >= 11 is 0. The predicted molar refractivity (Wildman–Crippen MR) is 106 cm³/mol. The van der Waals surface area contributed by atoms with E-state index in [-0.39, 0.29) is 11.7 Å². The summed E-state index contributed by atoms with van der Waals surface area (Å²) in [6.07, 6.45) is 0. The van der Waals surface area contributed by atoms with E-state index in [1.807, 2.05) is 6.07 Å². The fourth-order valence-electron chi connectivity index (χ4n) is 3.71. The lowest BCUT2D eigenvalue weighted by Crippen LogP contribution is -2.26.